The summed E-state index contributed by atoms with van der Waals surface area (Å²) in [6.45, 7) is 0.329. The number of benzene rings is 2. The maximum Gasteiger partial charge on any atom is 0.272 e. The van der Waals surface area contributed by atoms with Crippen LogP contribution in [0.5, 0.6) is 5.75 Å². The van der Waals surface area contributed by atoms with Crippen LogP contribution in [0.3, 0.4) is 0 Å². The van der Waals surface area contributed by atoms with Crippen molar-refractivity contribution in [2.75, 3.05) is 12.4 Å². The third-order valence-electron chi connectivity index (χ3n) is 3.82. The Balaban J connectivity index is 1.60. The number of hydrogen-bond acceptors (Lipinski definition) is 6. The maximum atomic E-state index is 12.3. The molecule has 2 N–H and O–H groups in total. The molecule has 0 bridgehead atoms. The Bertz CT molecular complexity index is 963. The summed E-state index contributed by atoms with van der Waals surface area (Å²) in [5.74, 6) is 0.894. The van der Waals surface area contributed by atoms with E-state index in [9.17, 15) is 4.79 Å². The van der Waals surface area contributed by atoms with Crippen LogP contribution >= 0.6 is 0 Å². The molecule has 0 spiro atoms. The van der Waals surface area contributed by atoms with Crippen molar-refractivity contribution in [3.05, 3.63) is 77.5 Å². The molecule has 1 amide bonds. The van der Waals surface area contributed by atoms with Crippen molar-refractivity contribution in [1.29, 1.82) is 5.26 Å². The van der Waals surface area contributed by atoms with Gasteiger partial charge in [-0.05, 0) is 42.5 Å². The van der Waals surface area contributed by atoms with Gasteiger partial charge < -0.3 is 15.4 Å². The van der Waals surface area contributed by atoms with Crippen molar-refractivity contribution in [1.82, 2.24) is 15.5 Å². The molecule has 0 aliphatic carbocycles. The van der Waals surface area contributed by atoms with Crippen LogP contribution in [-0.4, -0.2) is 23.2 Å². The summed E-state index contributed by atoms with van der Waals surface area (Å²) in [5, 5.41) is 22.6. The molecule has 134 valence electrons. The highest BCUT2D eigenvalue weighted by molar-refractivity contribution is 5.92. The van der Waals surface area contributed by atoms with Crippen molar-refractivity contribution in [3.63, 3.8) is 0 Å². The lowest BCUT2D eigenvalue weighted by Crippen LogP contribution is -2.24. The highest BCUT2D eigenvalue weighted by Crippen LogP contribution is 2.17. The van der Waals surface area contributed by atoms with Gasteiger partial charge in [0.15, 0.2) is 11.5 Å². The molecule has 0 aliphatic heterocycles. The number of aromatic nitrogens is 2. The summed E-state index contributed by atoms with van der Waals surface area (Å²) in [6.07, 6.45) is 0. The van der Waals surface area contributed by atoms with E-state index in [1.165, 1.54) is 0 Å². The van der Waals surface area contributed by atoms with Crippen molar-refractivity contribution >= 4 is 17.4 Å². The number of methoxy groups -OCH3 is 1. The van der Waals surface area contributed by atoms with Crippen LogP contribution < -0.4 is 15.4 Å². The van der Waals surface area contributed by atoms with Crippen molar-refractivity contribution in [2.45, 2.75) is 6.54 Å². The molecule has 27 heavy (non-hydrogen) atoms. The van der Waals surface area contributed by atoms with Gasteiger partial charge in [-0.3, -0.25) is 4.79 Å². The van der Waals surface area contributed by atoms with Crippen LogP contribution in [-0.2, 0) is 6.54 Å². The predicted molar refractivity (Wildman–Crippen MR) is 101 cm³/mol. The minimum Gasteiger partial charge on any atom is -0.496 e. The second-order valence-corrected chi connectivity index (χ2v) is 5.61. The van der Waals surface area contributed by atoms with Crippen molar-refractivity contribution in [3.8, 4) is 11.8 Å². The molecule has 0 atom stereocenters. The van der Waals surface area contributed by atoms with E-state index in [1.54, 1.807) is 43.5 Å². The molecule has 0 unspecified atom stereocenters. The lowest BCUT2D eigenvalue weighted by molar-refractivity contribution is 0.0944. The van der Waals surface area contributed by atoms with E-state index in [1.807, 2.05) is 24.3 Å². The Kier molecular flexibility index (Phi) is 5.60. The van der Waals surface area contributed by atoms with Crippen LogP contribution in [0, 0.1) is 11.3 Å². The number of hydrogen-bond donors (Lipinski definition) is 2. The number of para-hydroxylation sites is 1. The Hall–Kier alpha value is -3.92. The first-order valence-electron chi connectivity index (χ1n) is 8.20. The van der Waals surface area contributed by atoms with Gasteiger partial charge >= 0.3 is 0 Å². The topological polar surface area (TPSA) is 99.9 Å². The molecule has 3 rings (SSSR count). The van der Waals surface area contributed by atoms with Crippen molar-refractivity contribution in [2.24, 2.45) is 0 Å². The fourth-order valence-corrected chi connectivity index (χ4v) is 2.41. The Morgan fingerprint density at radius 2 is 1.85 bits per heavy atom. The van der Waals surface area contributed by atoms with E-state index in [0.29, 0.717) is 23.7 Å². The lowest BCUT2D eigenvalue weighted by Gasteiger charge is -2.09. The number of carbonyl (C=O) groups is 1. The lowest BCUT2D eigenvalue weighted by atomic mass is 10.2. The van der Waals surface area contributed by atoms with E-state index in [2.05, 4.69) is 26.9 Å². The smallest absolute Gasteiger partial charge is 0.272 e. The molecule has 7 heteroatoms. The van der Waals surface area contributed by atoms with E-state index in [-0.39, 0.29) is 11.6 Å². The molecular weight excluding hydrogens is 342 g/mol. The average Bonchev–Trinajstić information content (AvgIpc) is 2.73. The molecule has 0 aliphatic rings. The fourth-order valence-electron chi connectivity index (χ4n) is 2.41. The summed E-state index contributed by atoms with van der Waals surface area (Å²) in [6, 6.07) is 19.8. The minimum atomic E-state index is -0.321. The molecule has 1 aromatic heterocycles. The van der Waals surface area contributed by atoms with Gasteiger partial charge in [0.1, 0.15) is 5.75 Å². The summed E-state index contributed by atoms with van der Waals surface area (Å²) in [5.41, 5.74) is 2.45. The zero-order valence-electron chi connectivity index (χ0n) is 14.6. The number of amides is 1. The molecule has 0 radical (unpaired) electrons. The predicted octanol–water partition coefficient (Wildman–Crippen LogP) is 3.03. The number of rotatable bonds is 6. The van der Waals surface area contributed by atoms with Crippen LogP contribution in [0.4, 0.5) is 11.5 Å². The summed E-state index contributed by atoms with van der Waals surface area (Å²) >= 11 is 0. The van der Waals surface area contributed by atoms with Crippen molar-refractivity contribution < 1.29 is 9.53 Å². The van der Waals surface area contributed by atoms with Crippen LogP contribution in [0.2, 0.25) is 0 Å². The minimum absolute atomic E-state index is 0.218. The van der Waals surface area contributed by atoms with Crippen LogP contribution in [0.15, 0.2) is 60.7 Å². The molecule has 0 saturated carbocycles. The molecule has 7 nitrogen and oxygen atoms in total. The number of nitriles is 1. The summed E-state index contributed by atoms with van der Waals surface area (Å²) in [4.78, 5) is 12.3. The Labute approximate surface area is 156 Å². The number of carbonyl (C=O) groups excluding carboxylic acids is 1. The van der Waals surface area contributed by atoms with Crippen LogP contribution in [0.1, 0.15) is 21.6 Å². The SMILES string of the molecule is COc1ccccc1CNC(=O)c1ccc(Nc2ccc(C#N)cc2)nn1. The normalized spacial score (nSPS) is 9.93. The standard InChI is InChI=1S/C20H17N5O2/c1-27-18-5-3-2-4-15(18)13-22-20(26)17-10-11-19(25-24-17)23-16-8-6-14(12-21)7-9-16/h2-11H,13H2,1H3,(H,22,26)(H,23,25). The number of nitrogens with zero attached hydrogens (tertiary/aromatic N) is 3. The van der Waals surface area contributed by atoms with E-state index < -0.39 is 0 Å². The molecule has 2 aromatic carbocycles. The number of nitrogens with one attached hydrogen (secondary N) is 2. The third kappa shape index (κ3) is 4.58. The Morgan fingerprint density at radius 3 is 2.52 bits per heavy atom. The van der Waals surface area contributed by atoms with Gasteiger partial charge in [0.2, 0.25) is 0 Å². The van der Waals surface area contributed by atoms with E-state index >= 15 is 0 Å². The van der Waals surface area contributed by atoms with Gasteiger partial charge in [0.25, 0.3) is 5.91 Å². The maximum absolute atomic E-state index is 12.3. The van der Waals surface area contributed by atoms with Gasteiger partial charge in [-0.25, -0.2) is 0 Å². The summed E-state index contributed by atoms with van der Waals surface area (Å²) in [7, 11) is 1.59. The quantitative estimate of drug-likeness (QED) is 0.702. The second-order valence-electron chi connectivity index (χ2n) is 5.61. The first-order valence-corrected chi connectivity index (χ1v) is 8.20. The molecule has 0 saturated heterocycles. The zero-order valence-corrected chi connectivity index (χ0v) is 14.6. The third-order valence-corrected chi connectivity index (χ3v) is 3.82. The number of anilines is 2. The van der Waals surface area contributed by atoms with Gasteiger partial charge in [-0.15, -0.1) is 10.2 Å². The first kappa shape index (κ1) is 17.9. The molecular formula is C20H17N5O2. The zero-order chi connectivity index (χ0) is 19.1. The van der Waals surface area contributed by atoms with Gasteiger partial charge in [0, 0.05) is 17.8 Å². The van der Waals surface area contributed by atoms with Gasteiger partial charge in [-0.2, -0.15) is 5.26 Å². The van der Waals surface area contributed by atoms with Gasteiger partial charge in [-0.1, -0.05) is 18.2 Å². The number of ether oxygens (including phenoxy) is 1. The average molecular weight is 359 g/mol. The fraction of sp³-hybridized carbons (Fsp3) is 0.100. The van der Waals surface area contributed by atoms with Crippen LogP contribution in [0.25, 0.3) is 0 Å². The molecule has 3 aromatic rings. The highest BCUT2D eigenvalue weighted by atomic mass is 16.5. The highest BCUT2D eigenvalue weighted by Gasteiger charge is 2.10. The Morgan fingerprint density at radius 1 is 1.07 bits per heavy atom. The largest absolute Gasteiger partial charge is 0.496 e. The first-order chi connectivity index (χ1) is 13.2. The van der Waals surface area contributed by atoms with E-state index in [4.69, 9.17) is 10.00 Å². The van der Waals surface area contributed by atoms with Gasteiger partial charge in [0.05, 0.1) is 18.7 Å². The molecule has 0 fully saturated rings. The second kappa shape index (κ2) is 8.45. The van der Waals surface area contributed by atoms with E-state index in [0.717, 1.165) is 11.3 Å². The molecule has 1 heterocycles. The monoisotopic (exact) mass is 359 g/mol. The summed E-state index contributed by atoms with van der Waals surface area (Å²) < 4.78 is 5.26.